The lowest BCUT2D eigenvalue weighted by atomic mass is 10.7. The summed E-state index contributed by atoms with van der Waals surface area (Å²) in [6.07, 6.45) is 0. The molecule has 0 spiro atoms. The molecule has 0 saturated heterocycles. The summed E-state index contributed by atoms with van der Waals surface area (Å²) in [4.78, 5) is 22.8. The Labute approximate surface area is 45.2 Å². The number of hydroxylamine groups is 1. The number of carbonyl (C=O) groups excluding carboxylic acids is 1. The maximum Gasteiger partial charge on any atom is 0.320 e. The Kier molecular flexibility index (Phi) is 3.51. The zero-order valence-corrected chi connectivity index (χ0v) is 3.96. The second-order valence-electron chi connectivity index (χ2n) is 0.929. The lowest BCUT2D eigenvalue weighted by Gasteiger charge is -1.92. The minimum Gasteiger partial charge on any atom is -0.480 e. The van der Waals surface area contributed by atoms with Crippen LogP contribution in [0.15, 0.2) is 0 Å². The summed E-state index contributed by atoms with van der Waals surface area (Å²) in [6.45, 7) is -0.262. The van der Waals surface area contributed by atoms with Gasteiger partial charge in [0.25, 0.3) is 0 Å². The zero-order valence-electron chi connectivity index (χ0n) is 3.96. The average molecular weight is 119 g/mol. The minimum absolute atomic E-state index is 0.114. The predicted molar refractivity (Wildman–Crippen MR) is 22.8 cm³/mol. The van der Waals surface area contributed by atoms with Gasteiger partial charge in [-0.15, -0.1) is 5.48 Å². The van der Waals surface area contributed by atoms with E-state index in [1.165, 1.54) is 0 Å². The molecule has 5 nitrogen and oxygen atoms in total. The van der Waals surface area contributed by atoms with E-state index in [2.05, 4.69) is 4.84 Å². The fraction of sp³-hybridized carbons (Fsp3) is 0.333. The van der Waals surface area contributed by atoms with Gasteiger partial charge in [-0.25, -0.2) is 0 Å². The summed E-state index contributed by atoms with van der Waals surface area (Å²) >= 11 is 0. The van der Waals surface area contributed by atoms with E-state index in [1.807, 2.05) is 5.48 Å². The minimum atomic E-state index is -1.08. The Morgan fingerprint density at radius 3 is 2.88 bits per heavy atom. The highest BCUT2D eigenvalue weighted by Crippen LogP contribution is 1.57. The number of rotatable bonds is 4. The van der Waals surface area contributed by atoms with Crippen molar-refractivity contribution in [2.24, 2.45) is 0 Å². The number of carboxylic acids is 1. The molecule has 2 N–H and O–H groups in total. The molecule has 0 radical (unpaired) electrons. The Hall–Kier alpha value is -1.10. The molecule has 0 saturated carbocycles. The molecule has 0 aromatic rings. The van der Waals surface area contributed by atoms with Gasteiger partial charge < -0.3 is 9.94 Å². The van der Waals surface area contributed by atoms with Crippen molar-refractivity contribution in [3.8, 4) is 0 Å². The van der Waals surface area contributed by atoms with Gasteiger partial charge in [-0.2, -0.15) is 0 Å². The lowest BCUT2D eigenvalue weighted by Crippen LogP contribution is -2.21. The number of hydrogen-bond acceptors (Lipinski definition) is 4. The molecule has 0 aliphatic carbocycles. The number of carboxylic acid groups (broad SMARTS) is 1. The van der Waals surface area contributed by atoms with Crippen LogP contribution in [-0.2, 0) is 14.4 Å². The highest BCUT2D eigenvalue weighted by Gasteiger charge is 1.91. The molecule has 0 rings (SSSR count). The van der Waals surface area contributed by atoms with Crippen LogP contribution >= 0.6 is 0 Å². The molecule has 0 aliphatic rings. The maximum atomic E-state index is 9.62. The molecular formula is C3H5NO4. The van der Waals surface area contributed by atoms with Crippen LogP contribution in [0.3, 0.4) is 0 Å². The molecule has 8 heavy (non-hydrogen) atoms. The van der Waals surface area contributed by atoms with Crippen molar-refractivity contribution in [1.82, 2.24) is 5.48 Å². The van der Waals surface area contributed by atoms with Crippen LogP contribution in [0.5, 0.6) is 0 Å². The Bertz CT molecular complexity index is 91.3. The maximum absolute atomic E-state index is 9.62. The van der Waals surface area contributed by atoms with E-state index >= 15 is 0 Å². The van der Waals surface area contributed by atoms with Crippen LogP contribution in [0.2, 0.25) is 0 Å². The predicted octanol–water partition coefficient (Wildman–Crippen LogP) is -1.25. The van der Waals surface area contributed by atoms with Gasteiger partial charge in [0.1, 0.15) is 6.54 Å². The topological polar surface area (TPSA) is 75.6 Å². The van der Waals surface area contributed by atoms with E-state index < -0.39 is 5.97 Å². The average Bonchev–Trinajstić information content (AvgIpc) is 1.66. The van der Waals surface area contributed by atoms with Crippen molar-refractivity contribution < 1.29 is 19.5 Å². The molecule has 0 fully saturated rings. The van der Waals surface area contributed by atoms with E-state index in [4.69, 9.17) is 5.11 Å². The smallest absolute Gasteiger partial charge is 0.320 e. The number of hydrogen-bond donors (Lipinski definition) is 2. The highest BCUT2D eigenvalue weighted by atomic mass is 16.7. The van der Waals surface area contributed by atoms with Crippen LogP contribution in [0.25, 0.3) is 0 Å². The Morgan fingerprint density at radius 2 is 2.50 bits per heavy atom. The van der Waals surface area contributed by atoms with Gasteiger partial charge >= 0.3 is 12.4 Å². The molecule has 0 atom stereocenters. The van der Waals surface area contributed by atoms with Crippen LogP contribution in [0.1, 0.15) is 0 Å². The van der Waals surface area contributed by atoms with Gasteiger partial charge in [-0.1, -0.05) is 0 Å². The third-order valence-electron chi connectivity index (χ3n) is 0.355. The van der Waals surface area contributed by atoms with Crippen LogP contribution in [0, 0.1) is 0 Å². The second-order valence-corrected chi connectivity index (χ2v) is 0.929. The lowest BCUT2D eigenvalue weighted by molar-refractivity contribution is -0.143. The fourth-order valence-corrected chi connectivity index (χ4v) is 0.137. The van der Waals surface area contributed by atoms with Crippen molar-refractivity contribution >= 4 is 12.4 Å². The molecule has 0 aliphatic heterocycles. The zero-order chi connectivity index (χ0) is 6.41. The van der Waals surface area contributed by atoms with Gasteiger partial charge in [0.05, 0.1) is 0 Å². The molecule has 0 amide bonds. The third-order valence-corrected chi connectivity index (χ3v) is 0.355. The fourth-order valence-electron chi connectivity index (χ4n) is 0.137. The van der Waals surface area contributed by atoms with Crippen molar-refractivity contribution in [2.45, 2.75) is 0 Å². The van der Waals surface area contributed by atoms with E-state index in [-0.39, 0.29) is 13.0 Å². The molecule has 5 heteroatoms. The van der Waals surface area contributed by atoms with Crippen molar-refractivity contribution in [3.63, 3.8) is 0 Å². The van der Waals surface area contributed by atoms with Gasteiger partial charge in [0.2, 0.25) is 0 Å². The van der Waals surface area contributed by atoms with Gasteiger partial charge in [-0.3, -0.25) is 9.59 Å². The van der Waals surface area contributed by atoms with Gasteiger partial charge in [0.15, 0.2) is 0 Å². The molecule has 0 aromatic heterocycles. The summed E-state index contributed by atoms with van der Waals surface area (Å²) < 4.78 is 0. The van der Waals surface area contributed by atoms with Crippen LogP contribution < -0.4 is 5.48 Å². The Balaban J connectivity index is 2.93. The van der Waals surface area contributed by atoms with Crippen LogP contribution in [-0.4, -0.2) is 24.1 Å². The normalized spacial score (nSPS) is 8.00. The van der Waals surface area contributed by atoms with Crippen molar-refractivity contribution in [1.29, 1.82) is 0 Å². The Morgan fingerprint density at radius 1 is 1.88 bits per heavy atom. The molecular weight excluding hydrogens is 114 g/mol. The standard InChI is InChI=1S/C3H5NO4/c5-2-8-4-1-3(6)7/h2,4H,1H2,(H,6,7). The second kappa shape index (κ2) is 4.07. The van der Waals surface area contributed by atoms with Crippen molar-refractivity contribution in [3.05, 3.63) is 0 Å². The van der Waals surface area contributed by atoms with Crippen LogP contribution in [0.4, 0.5) is 0 Å². The summed E-state index contributed by atoms with van der Waals surface area (Å²) in [7, 11) is 0. The first-order chi connectivity index (χ1) is 3.77. The number of carbonyl (C=O) groups is 2. The molecule has 46 valence electrons. The van der Waals surface area contributed by atoms with Gasteiger partial charge in [0, 0.05) is 0 Å². The van der Waals surface area contributed by atoms with E-state index in [0.717, 1.165) is 0 Å². The summed E-state index contributed by atoms with van der Waals surface area (Å²) in [5.74, 6) is -1.08. The highest BCUT2D eigenvalue weighted by molar-refractivity contribution is 5.68. The number of nitrogens with one attached hydrogen (secondary N) is 1. The monoisotopic (exact) mass is 119 g/mol. The SMILES string of the molecule is O=CONCC(=O)O. The molecule has 0 unspecified atom stereocenters. The molecule has 0 heterocycles. The largest absolute Gasteiger partial charge is 0.480 e. The first-order valence-corrected chi connectivity index (χ1v) is 1.81. The van der Waals surface area contributed by atoms with Gasteiger partial charge in [-0.05, 0) is 0 Å². The quantitative estimate of drug-likeness (QED) is 0.274. The summed E-state index contributed by atoms with van der Waals surface area (Å²) in [5.41, 5.74) is 1.87. The number of aliphatic carboxylic acids is 1. The van der Waals surface area contributed by atoms with Crippen molar-refractivity contribution in [2.75, 3.05) is 6.54 Å². The van der Waals surface area contributed by atoms with E-state index in [0.29, 0.717) is 0 Å². The van der Waals surface area contributed by atoms with E-state index in [9.17, 15) is 9.59 Å². The summed E-state index contributed by atoms with van der Waals surface area (Å²) in [6, 6.07) is 0. The van der Waals surface area contributed by atoms with E-state index in [1.54, 1.807) is 0 Å². The third kappa shape index (κ3) is 4.90. The summed E-state index contributed by atoms with van der Waals surface area (Å²) in [5, 5.41) is 7.88. The molecule has 0 bridgehead atoms. The first kappa shape index (κ1) is 6.90. The first-order valence-electron chi connectivity index (χ1n) is 1.81. The molecule has 0 aromatic carbocycles.